The maximum atomic E-state index is 12.4. The number of hydrogen-bond donors (Lipinski definition) is 2. The number of nitro groups is 1. The maximum absolute atomic E-state index is 12.4. The summed E-state index contributed by atoms with van der Waals surface area (Å²) in [5.41, 5.74) is 8.12. The SMILES string of the molecule is C.CO.Cc1cc(N2CCOCC2)c(OCC(F)(F)F)cc1N.Cc1cc(N2CCOCC2)c(OCC(F)(F)F)cc1[N+](=O)[O-]. The third-order valence-corrected chi connectivity index (χ3v) is 6.31. The van der Waals surface area contributed by atoms with Crippen molar-refractivity contribution in [1.29, 1.82) is 0 Å². The van der Waals surface area contributed by atoms with E-state index in [9.17, 15) is 36.5 Å². The van der Waals surface area contributed by atoms with E-state index in [-0.39, 0.29) is 24.6 Å². The van der Waals surface area contributed by atoms with Gasteiger partial charge < -0.3 is 39.6 Å². The summed E-state index contributed by atoms with van der Waals surface area (Å²) in [6, 6.07) is 5.74. The van der Waals surface area contributed by atoms with Crippen molar-refractivity contribution in [2.75, 3.05) is 88.5 Å². The lowest BCUT2D eigenvalue weighted by molar-refractivity contribution is -0.385. The van der Waals surface area contributed by atoms with Gasteiger partial charge in [0, 0.05) is 50.6 Å². The highest BCUT2D eigenvalue weighted by Gasteiger charge is 2.31. The Kier molecular flexibility index (Phi) is 15.5. The van der Waals surface area contributed by atoms with Crippen LogP contribution in [-0.2, 0) is 9.47 Å². The first kappa shape index (κ1) is 39.3. The summed E-state index contributed by atoms with van der Waals surface area (Å²) in [6.45, 7) is 4.70. The summed E-state index contributed by atoms with van der Waals surface area (Å²) >= 11 is 0. The number of aryl methyl sites for hydroxylation is 2. The van der Waals surface area contributed by atoms with Crippen LogP contribution in [-0.4, -0.2) is 95.3 Å². The quantitative estimate of drug-likeness (QED) is 0.175. The number of aliphatic hydroxyl groups is 1. The van der Waals surface area contributed by atoms with Gasteiger partial charge in [0.25, 0.3) is 5.69 Å². The van der Waals surface area contributed by atoms with E-state index in [1.807, 2.05) is 11.8 Å². The zero-order valence-electron chi connectivity index (χ0n) is 24.5. The van der Waals surface area contributed by atoms with Gasteiger partial charge in [0.05, 0.1) is 48.8 Å². The van der Waals surface area contributed by atoms with Crippen LogP contribution in [0.2, 0.25) is 0 Å². The molecule has 0 aromatic heterocycles. The summed E-state index contributed by atoms with van der Waals surface area (Å²) in [7, 11) is 1.00. The first-order chi connectivity index (χ1) is 20.6. The number of aliphatic hydroxyl groups excluding tert-OH is 1. The van der Waals surface area contributed by atoms with E-state index in [4.69, 9.17) is 29.8 Å². The second kappa shape index (κ2) is 17.7. The number of nitrogens with zero attached hydrogens (tertiary/aromatic N) is 3. The first-order valence-electron chi connectivity index (χ1n) is 13.3. The van der Waals surface area contributed by atoms with Crippen molar-refractivity contribution < 1.29 is 55.3 Å². The van der Waals surface area contributed by atoms with Crippen LogP contribution in [0.1, 0.15) is 18.6 Å². The molecular formula is C28H40F6N4O7. The molecule has 45 heavy (non-hydrogen) atoms. The van der Waals surface area contributed by atoms with Gasteiger partial charge in [-0.15, -0.1) is 0 Å². The summed E-state index contributed by atoms with van der Waals surface area (Å²) in [5.74, 6) is 0.0175. The Morgan fingerprint density at radius 3 is 1.56 bits per heavy atom. The van der Waals surface area contributed by atoms with Crippen LogP contribution >= 0.6 is 0 Å². The van der Waals surface area contributed by atoms with Crippen LogP contribution in [0.5, 0.6) is 11.5 Å². The van der Waals surface area contributed by atoms with E-state index in [1.54, 1.807) is 11.0 Å². The summed E-state index contributed by atoms with van der Waals surface area (Å²) in [6.07, 6.45) is -8.89. The van der Waals surface area contributed by atoms with Crippen molar-refractivity contribution >= 4 is 22.7 Å². The van der Waals surface area contributed by atoms with E-state index < -0.39 is 30.5 Å². The highest BCUT2D eigenvalue weighted by molar-refractivity contribution is 5.68. The Morgan fingerprint density at radius 2 is 1.18 bits per heavy atom. The monoisotopic (exact) mass is 658 g/mol. The minimum Gasteiger partial charge on any atom is -0.482 e. The lowest BCUT2D eigenvalue weighted by Crippen LogP contribution is -2.36. The lowest BCUT2D eigenvalue weighted by Gasteiger charge is -2.31. The fourth-order valence-electron chi connectivity index (χ4n) is 4.20. The Morgan fingerprint density at radius 1 is 0.800 bits per heavy atom. The van der Waals surface area contributed by atoms with E-state index in [2.05, 4.69) is 0 Å². The molecule has 0 amide bonds. The van der Waals surface area contributed by atoms with Crippen molar-refractivity contribution in [3.05, 3.63) is 45.5 Å². The van der Waals surface area contributed by atoms with Crippen LogP contribution in [0.3, 0.4) is 0 Å². The van der Waals surface area contributed by atoms with Crippen molar-refractivity contribution in [2.24, 2.45) is 0 Å². The normalized spacial score (nSPS) is 15.1. The molecule has 2 fully saturated rings. The van der Waals surface area contributed by atoms with Crippen LogP contribution in [0.25, 0.3) is 0 Å². The molecular weight excluding hydrogens is 618 g/mol. The molecule has 3 N–H and O–H groups in total. The highest BCUT2D eigenvalue weighted by Crippen LogP contribution is 2.37. The van der Waals surface area contributed by atoms with Gasteiger partial charge in [-0.2, -0.15) is 26.3 Å². The van der Waals surface area contributed by atoms with Crippen molar-refractivity contribution in [3.8, 4) is 11.5 Å². The van der Waals surface area contributed by atoms with E-state index in [1.165, 1.54) is 19.1 Å². The summed E-state index contributed by atoms with van der Waals surface area (Å²) in [5, 5.41) is 18.0. The zero-order chi connectivity index (χ0) is 33.1. The number of ether oxygens (including phenoxy) is 4. The largest absolute Gasteiger partial charge is 0.482 e. The molecule has 2 aromatic rings. The Labute approximate surface area is 257 Å². The number of halogens is 6. The van der Waals surface area contributed by atoms with Crippen LogP contribution in [0.4, 0.5) is 49.1 Å². The minimum absolute atomic E-state index is 0. The lowest BCUT2D eigenvalue weighted by atomic mass is 10.1. The molecule has 2 aliphatic rings. The topological polar surface area (TPSA) is 133 Å². The molecule has 0 radical (unpaired) electrons. The molecule has 2 aliphatic heterocycles. The van der Waals surface area contributed by atoms with Crippen LogP contribution < -0.4 is 25.0 Å². The maximum Gasteiger partial charge on any atom is 0.422 e. The van der Waals surface area contributed by atoms with E-state index in [0.29, 0.717) is 75.2 Å². The number of rotatable bonds is 7. The Bertz CT molecular complexity index is 1220. The van der Waals surface area contributed by atoms with Gasteiger partial charge in [-0.3, -0.25) is 10.1 Å². The van der Waals surface area contributed by atoms with E-state index >= 15 is 0 Å². The van der Waals surface area contributed by atoms with Gasteiger partial charge in [-0.25, -0.2) is 0 Å². The molecule has 4 rings (SSSR count). The fraction of sp³-hybridized carbons (Fsp3) is 0.571. The van der Waals surface area contributed by atoms with Crippen molar-refractivity contribution in [2.45, 2.75) is 33.6 Å². The second-order valence-electron chi connectivity index (χ2n) is 9.55. The van der Waals surface area contributed by atoms with Crippen LogP contribution in [0.15, 0.2) is 24.3 Å². The Balaban J connectivity index is 0.000000419. The van der Waals surface area contributed by atoms with Gasteiger partial charge in [-0.05, 0) is 31.5 Å². The minimum atomic E-state index is -4.51. The Hall–Kier alpha value is -3.70. The molecule has 2 heterocycles. The predicted molar refractivity (Wildman–Crippen MR) is 157 cm³/mol. The molecule has 11 nitrogen and oxygen atoms in total. The number of benzene rings is 2. The number of anilines is 3. The summed E-state index contributed by atoms with van der Waals surface area (Å²) < 4.78 is 94.1. The second-order valence-corrected chi connectivity index (χ2v) is 9.55. The zero-order valence-corrected chi connectivity index (χ0v) is 24.5. The first-order valence-corrected chi connectivity index (χ1v) is 13.3. The molecule has 0 unspecified atom stereocenters. The van der Waals surface area contributed by atoms with E-state index in [0.717, 1.165) is 18.7 Å². The van der Waals surface area contributed by atoms with Gasteiger partial charge >= 0.3 is 12.4 Å². The standard InChI is InChI=1S/C13H15F3N2O4.C13H17F3N2O2.CH4O.CH4/c1-9-6-11(17-2-4-21-5-3-17)12(7-10(9)18(19)20)22-8-13(14,15)16;1-9-6-11(18-2-4-19-5-3-18)12(7-10(9)17)20-8-13(14,15)16;1-2;/h6-7H,2-5,8H2,1H3;6-7H,2-5,8,17H2,1H3;2H,1H3;1H4. The molecule has 0 saturated carbocycles. The van der Waals surface area contributed by atoms with Gasteiger partial charge in [-0.1, -0.05) is 7.43 Å². The molecule has 17 heteroatoms. The molecule has 256 valence electrons. The number of alkyl halides is 6. The predicted octanol–water partition coefficient (Wildman–Crippen LogP) is 5.28. The van der Waals surface area contributed by atoms with Crippen molar-refractivity contribution in [3.63, 3.8) is 0 Å². The number of nitrogens with two attached hydrogens (primary N) is 1. The van der Waals surface area contributed by atoms with Crippen LogP contribution in [0, 0.1) is 24.0 Å². The van der Waals surface area contributed by atoms with Gasteiger partial charge in [0.2, 0.25) is 0 Å². The molecule has 0 spiro atoms. The number of nitrogen functional groups attached to an aromatic ring is 1. The molecule has 0 atom stereocenters. The molecule has 0 bridgehead atoms. The fourth-order valence-corrected chi connectivity index (χ4v) is 4.20. The van der Waals surface area contributed by atoms with Crippen molar-refractivity contribution in [1.82, 2.24) is 0 Å². The third-order valence-electron chi connectivity index (χ3n) is 6.31. The number of nitro benzene ring substituents is 1. The van der Waals surface area contributed by atoms with Gasteiger partial charge in [0.1, 0.15) is 11.5 Å². The number of hydrogen-bond acceptors (Lipinski definition) is 10. The molecule has 2 aromatic carbocycles. The average Bonchev–Trinajstić information content (AvgIpc) is 2.98. The highest BCUT2D eigenvalue weighted by atomic mass is 19.4. The average molecular weight is 659 g/mol. The number of morpholine rings is 2. The smallest absolute Gasteiger partial charge is 0.422 e. The molecule has 0 aliphatic carbocycles. The summed E-state index contributed by atoms with van der Waals surface area (Å²) in [4.78, 5) is 14.1. The van der Waals surface area contributed by atoms with Gasteiger partial charge in [0.15, 0.2) is 13.2 Å². The third kappa shape index (κ3) is 12.7. The molecule has 2 saturated heterocycles.